The van der Waals surface area contributed by atoms with Crippen molar-refractivity contribution < 1.29 is 14.3 Å². The van der Waals surface area contributed by atoms with Gasteiger partial charge in [0.1, 0.15) is 17.9 Å². The normalized spacial score (nSPS) is 11.6. The third kappa shape index (κ3) is 5.52. The van der Waals surface area contributed by atoms with E-state index >= 15 is 0 Å². The van der Waals surface area contributed by atoms with Gasteiger partial charge < -0.3 is 9.47 Å². The Bertz CT molecular complexity index is 1130. The van der Waals surface area contributed by atoms with Crippen molar-refractivity contribution in [1.82, 2.24) is 19.3 Å². The molecule has 3 rings (SSSR count). The summed E-state index contributed by atoms with van der Waals surface area (Å²) in [6.07, 6.45) is 3.05. The first-order chi connectivity index (χ1) is 14.5. The highest BCUT2D eigenvalue weighted by Gasteiger charge is 2.23. The molecule has 2 aromatic heterocycles. The zero-order chi connectivity index (χ0) is 22.8. The van der Waals surface area contributed by atoms with Crippen LogP contribution in [0.1, 0.15) is 34.6 Å². The number of hydrogen-bond acceptors (Lipinski definition) is 6. The van der Waals surface area contributed by atoms with Crippen molar-refractivity contribution in [3.8, 4) is 22.8 Å². The summed E-state index contributed by atoms with van der Waals surface area (Å²) in [6, 6.07) is 8.69. The number of carbonyl (C=O) groups excluding carboxylic acids is 1. The lowest BCUT2D eigenvalue weighted by atomic mass is 10.2. The van der Waals surface area contributed by atoms with Crippen LogP contribution in [0.5, 0.6) is 5.75 Å². The molecule has 0 aliphatic rings. The Balaban J connectivity index is 2.08. The summed E-state index contributed by atoms with van der Waals surface area (Å²) < 4.78 is 13.5. The summed E-state index contributed by atoms with van der Waals surface area (Å²) in [5, 5.41) is 4.71. The van der Waals surface area contributed by atoms with Crippen LogP contribution in [0.15, 0.2) is 47.5 Å². The van der Waals surface area contributed by atoms with Crippen molar-refractivity contribution in [2.45, 2.75) is 52.9 Å². The Morgan fingerprint density at radius 1 is 1.16 bits per heavy atom. The molecule has 0 unspecified atom stereocenters. The van der Waals surface area contributed by atoms with Crippen molar-refractivity contribution in [2.75, 3.05) is 0 Å². The lowest BCUT2D eigenvalue weighted by Gasteiger charge is -2.19. The lowest BCUT2D eigenvalue weighted by molar-refractivity contribution is -0.155. The van der Waals surface area contributed by atoms with Crippen molar-refractivity contribution in [3.63, 3.8) is 0 Å². The first kappa shape index (κ1) is 22.6. The predicted molar refractivity (Wildman–Crippen MR) is 118 cm³/mol. The number of ether oxygens (including phenoxy) is 2. The predicted octanol–water partition coefficient (Wildman–Crippen LogP) is 3.88. The Morgan fingerprint density at radius 2 is 1.84 bits per heavy atom. The molecule has 0 saturated carbocycles. The summed E-state index contributed by atoms with van der Waals surface area (Å²) in [5.74, 6) is 0.405. The van der Waals surface area contributed by atoms with E-state index in [1.807, 2.05) is 13.8 Å². The summed E-state index contributed by atoms with van der Waals surface area (Å²) in [6.45, 7) is 8.82. The molecule has 31 heavy (non-hydrogen) atoms. The Kier molecular flexibility index (Phi) is 6.50. The van der Waals surface area contributed by atoms with E-state index in [0.717, 1.165) is 4.68 Å². The van der Waals surface area contributed by atoms with Gasteiger partial charge >= 0.3 is 11.7 Å². The van der Waals surface area contributed by atoms with Crippen molar-refractivity contribution >= 4 is 17.6 Å². The topological polar surface area (TPSA) is 88.2 Å². The van der Waals surface area contributed by atoms with Gasteiger partial charge in [0.05, 0.1) is 16.8 Å². The minimum atomic E-state index is -0.674. The maximum absolute atomic E-state index is 13.2. The van der Waals surface area contributed by atoms with E-state index in [-0.39, 0.29) is 12.6 Å². The summed E-state index contributed by atoms with van der Waals surface area (Å²) >= 11 is 6.32. The number of rotatable bonds is 6. The largest absolute Gasteiger partial charge is 0.491 e. The molecular formula is C22H25ClN4O4. The number of halogens is 1. The highest BCUT2D eigenvalue weighted by Crippen LogP contribution is 2.27. The monoisotopic (exact) mass is 444 g/mol. The van der Waals surface area contributed by atoms with Gasteiger partial charge in [-0.2, -0.15) is 0 Å². The SMILES string of the molecule is CC(C)Oc1ccc(-n2c(-c3ccncc3Cl)nn(CC(=O)OC(C)(C)C)c2=O)cc1. The number of nitrogens with zero attached hydrogens (tertiary/aromatic N) is 4. The molecule has 9 heteroatoms. The molecule has 3 aromatic rings. The molecule has 164 valence electrons. The fourth-order valence-electron chi connectivity index (χ4n) is 2.92. The van der Waals surface area contributed by atoms with Crippen molar-refractivity contribution in [3.05, 3.63) is 58.2 Å². The molecule has 1 aromatic carbocycles. The molecule has 0 amide bonds. The average molecular weight is 445 g/mol. The van der Waals surface area contributed by atoms with Gasteiger partial charge in [-0.25, -0.2) is 14.0 Å². The van der Waals surface area contributed by atoms with Crippen LogP contribution in [-0.2, 0) is 16.1 Å². The maximum Gasteiger partial charge on any atom is 0.351 e. The van der Waals surface area contributed by atoms with Crippen LogP contribution < -0.4 is 10.4 Å². The second kappa shape index (κ2) is 8.93. The summed E-state index contributed by atoms with van der Waals surface area (Å²) in [4.78, 5) is 29.5. The van der Waals surface area contributed by atoms with Crippen LogP contribution in [0.25, 0.3) is 17.1 Å². The second-order valence-electron chi connectivity index (χ2n) is 8.20. The number of hydrogen-bond donors (Lipinski definition) is 0. The van der Waals surface area contributed by atoms with E-state index in [0.29, 0.717) is 27.8 Å². The van der Waals surface area contributed by atoms with Gasteiger partial charge in [-0.3, -0.25) is 9.78 Å². The molecule has 2 heterocycles. The average Bonchev–Trinajstić information content (AvgIpc) is 2.97. The molecular weight excluding hydrogens is 420 g/mol. The molecule has 8 nitrogen and oxygen atoms in total. The van der Waals surface area contributed by atoms with Crippen LogP contribution in [-0.4, -0.2) is 37.0 Å². The standard InChI is InChI=1S/C22H25ClN4O4/c1-14(2)30-16-8-6-15(7-9-16)27-20(17-10-11-24-12-18(17)23)25-26(21(27)29)13-19(28)31-22(3,4)5/h6-12,14H,13H2,1-5H3. The lowest BCUT2D eigenvalue weighted by Crippen LogP contribution is -2.31. The quantitative estimate of drug-likeness (QED) is 0.536. The first-order valence-electron chi connectivity index (χ1n) is 9.84. The number of esters is 1. The highest BCUT2D eigenvalue weighted by molar-refractivity contribution is 6.33. The number of carbonyl (C=O) groups is 1. The van der Waals surface area contributed by atoms with Gasteiger partial charge in [-0.05, 0) is 65.0 Å². The molecule has 0 radical (unpaired) electrons. The van der Waals surface area contributed by atoms with E-state index in [2.05, 4.69) is 10.1 Å². The van der Waals surface area contributed by atoms with Crippen molar-refractivity contribution in [2.24, 2.45) is 0 Å². The zero-order valence-electron chi connectivity index (χ0n) is 18.1. The number of pyridine rings is 1. The van der Waals surface area contributed by atoms with E-state index in [9.17, 15) is 9.59 Å². The number of benzene rings is 1. The van der Waals surface area contributed by atoms with E-state index < -0.39 is 17.3 Å². The minimum absolute atomic E-state index is 0.0244. The molecule has 0 aliphatic carbocycles. The minimum Gasteiger partial charge on any atom is -0.491 e. The van der Waals surface area contributed by atoms with Crippen molar-refractivity contribution in [1.29, 1.82) is 0 Å². The zero-order valence-corrected chi connectivity index (χ0v) is 18.9. The molecule has 0 saturated heterocycles. The van der Waals surface area contributed by atoms with Crippen LogP contribution in [0.4, 0.5) is 0 Å². The van der Waals surface area contributed by atoms with Gasteiger partial charge in [0.25, 0.3) is 0 Å². The Morgan fingerprint density at radius 3 is 2.42 bits per heavy atom. The van der Waals surface area contributed by atoms with Gasteiger partial charge in [0.15, 0.2) is 5.82 Å². The van der Waals surface area contributed by atoms with E-state index in [1.165, 1.54) is 10.8 Å². The molecule has 0 bridgehead atoms. The van der Waals surface area contributed by atoms with E-state index in [4.69, 9.17) is 21.1 Å². The van der Waals surface area contributed by atoms with Crippen LogP contribution >= 0.6 is 11.6 Å². The van der Waals surface area contributed by atoms with Crippen LogP contribution in [0.2, 0.25) is 5.02 Å². The number of aromatic nitrogens is 4. The molecule has 0 atom stereocenters. The second-order valence-corrected chi connectivity index (χ2v) is 8.61. The van der Waals surface area contributed by atoms with E-state index in [1.54, 1.807) is 57.3 Å². The third-order valence-corrected chi connectivity index (χ3v) is 4.32. The fourth-order valence-corrected chi connectivity index (χ4v) is 3.12. The highest BCUT2D eigenvalue weighted by atomic mass is 35.5. The smallest absolute Gasteiger partial charge is 0.351 e. The third-order valence-electron chi connectivity index (χ3n) is 4.02. The first-order valence-corrected chi connectivity index (χ1v) is 10.2. The molecule has 0 spiro atoms. The van der Waals surface area contributed by atoms with Gasteiger partial charge in [0, 0.05) is 18.0 Å². The Labute approximate surface area is 185 Å². The summed E-state index contributed by atoms with van der Waals surface area (Å²) in [7, 11) is 0. The summed E-state index contributed by atoms with van der Waals surface area (Å²) in [5.41, 5.74) is -0.0999. The van der Waals surface area contributed by atoms with Crippen LogP contribution in [0.3, 0.4) is 0 Å². The Hall–Kier alpha value is -3.13. The molecule has 0 N–H and O–H groups in total. The molecule has 0 aliphatic heterocycles. The fraction of sp³-hybridized carbons (Fsp3) is 0.364. The van der Waals surface area contributed by atoms with Gasteiger partial charge in [-0.15, -0.1) is 5.10 Å². The van der Waals surface area contributed by atoms with Gasteiger partial charge in [0.2, 0.25) is 0 Å². The van der Waals surface area contributed by atoms with Gasteiger partial charge in [-0.1, -0.05) is 11.6 Å². The van der Waals surface area contributed by atoms with Crippen LogP contribution in [0, 0.1) is 0 Å². The molecule has 0 fully saturated rings. The maximum atomic E-state index is 13.2.